The fourth-order valence-electron chi connectivity index (χ4n) is 4.73. The average molecular weight is 572 g/mol. The minimum absolute atomic E-state index is 0.102. The number of hydrogen-bond donors (Lipinski definition) is 3. The first kappa shape index (κ1) is 27.1. The smallest absolute Gasteiger partial charge is 0.260 e. The summed E-state index contributed by atoms with van der Waals surface area (Å²) >= 11 is 1.33. The number of anilines is 2. The summed E-state index contributed by atoms with van der Waals surface area (Å²) in [7, 11) is -2.32. The van der Waals surface area contributed by atoms with Crippen molar-refractivity contribution in [3.8, 4) is 11.5 Å². The number of nitrogens with zero attached hydrogens (tertiary/aromatic N) is 1. The number of benzene rings is 2. The highest BCUT2D eigenvalue weighted by Gasteiger charge is 2.30. The lowest BCUT2D eigenvalue weighted by Crippen LogP contribution is -2.40. The SMILES string of the molecule is COc1ccc(NC(=O)c2c(NC(=O)c3cc(S(=O)(=O)N4CCOCC4)ccc3O)sc3c2CCCC3)cc1. The first-order chi connectivity index (χ1) is 18.8. The predicted octanol–water partition coefficient (Wildman–Crippen LogP) is 3.87. The molecule has 0 spiro atoms. The van der Waals surface area contributed by atoms with Gasteiger partial charge in [-0.1, -0.05) is 0 Å². The summed E-state index contributed by atoms with van der Waals surface area (Å²) in [5.74, 6) is -0.767. The molecule has 2 aromatic carbocycles. The maximum atomic E-state index is 13.4. The molecular weight excluding hydrogens is 542 g/mol. The lowest BCUT2D eigenvalue weighted by Gasteiger charge is -2.26. The van der Waals surface area contributed by atoms with Gasteiger partial charge in [0.05, 0.1) is 36.3 Å². The van der Waals surface area contributed by atoms with Crippen LogP contribution in [0.2, 0.25) is 0 Å². The molecule has 1 saturated heterocycles. The zero-order chi connectivity index (χ0) is 27.6. The fraction of sp³-hybridized carbons (Fsp3) is 0.333. The Kier molecular flexibility index (Phi) is 7.89. The fourth-order valence-corrected chi connectivity index (χ4v) is 7.44. The first-order valence-corrected chi connectivity index (χ1v) is 14.9. The molecule has 1 aromatic heterocycles. The lowest BCUT2D eigenvalue weighted by atomic mass is 9.95. The summed E-state index contributed by atoms with van der Waals surface area (Å²) in [5, 5.41) is 16.5. The summed E-state index contributed by atoms with van der Waals surface area (Å²) in [6.07, 6.45) is 3.44. The van der Waals surface area contributed by atoms with Gasteiger partial charge in [-0.15, -0.1) is 11.3 Å². The van der Waals surface area contributed by atoms with Crippen molar-refractivity contribution in [2.75, 3.05) is 44.0 Å². The highest BCUT2D eigenvalue weighted by molar-refractivity contribution is 7.89. The van der Waals surface area contributed by atoms with E-state index in [1.165, 1.54) is 33.8 Å². The van der Waals surface area contributed by atoms with Crippen molar-refractivity contribution in [2.45, 2.75) is 30.6 Å². The van der Waals surface area contributed by atoms with Crippen molar-refractivity contribution in [1.29, 1.82) is 0 Å². The van der Waals surface area contributed by atoms with Gasteiger partial charge in [0, 0.05) is 23.7 Å². The Bertz CT molecular complexity index is 1490. The summed E-state index contributed by atoms with van der Waals surface area (Å²) in [6.45, 7) is 0.987. The number of nitrogens with one attached hydrogen (secondary N) is 2. The normalized spacial score (nSPS) is 15.8. The molecule has 206 valence electrons. The van der Waals surface area contributed by atoms with Crippen LogP contribution in [-0.4, -0.2) is 63.1 Å². The standard InChI is InChI=1S/C27H29N3O7S2/c1-36-18-8-6-17(7-9-18)28-26(33)24-20-4-2-3-5-23(20)38-27(24)29-25(32)21-16-19(10-11-22(21)31)39(34,35)30-12-14-37-15-13-30/h6-11,16,31H,2-5,12-15H2,1H3,(H,28,33)(H,29,32). The lowest BCUT2D eigenvalue weighted by molar-refractivity contribution is 0.0730. The van der Waals surface area contributed by atoms with Crippen LogP contribution in [0.25, 0.3) is 0 Å². The minimum Gasteiger partial charge on any atom is -0.507 e. The molecular formula is C27H29N3O7S2. The number of aryl methyl sites for hydroxylation is 1. The number of sulfonamides is 1. The number of thiophene rings is 1. The predicted molar refractivity (Wildman–Crippen MR) is 148 cm³/mol. The van der Waals surface area contributed by atoms with E-state index in [4.69, 9.17) is 9.47 Å². The molecule has 0 radical (unpaired) electrons. The number of methoxy groups -OCH3 is 1. The average Bonchev–Trinajstić information content (AvgIpc) is 3.31. The number of carbonyl (C=O) groups is 2. The number of rotatable bonds is 7. The Morgan fingerprint density at radius 2 is 1.72 bits per heavy atom. The molecule has 5 rings (SSSR count). The van der Waals surface area contributed by atoms with Crippen LogP contribution in [0.1, 0.15) is 44.0 Å². The molecule has 0 atom stereocenters. The number of amides is 2. The Morgan fingerprint density at radius 1 is 1.00 bits per heavy atom. The second-order valence-electron chi connectivity index (χ2n) is 9.25. The molecule has 10 nitrogen and oxygen atoms in total. The van der Waals surface area contributed by atoms with Crippen molar-refractivity contribution in [3.63, 3.8) is 0 Å². The van der Waals surface area contributed by atoms with Crippen LogP contribution in [0.15, 0.2) is 47.4 Å². The molecule has 3 aromatic rings. The summed E-state index contributed by atoms with van der Waals surface area (Å²) < 4.78 is 37.9. The Morgan fingerprint density at radius 3 is 2.44 bits per heavy atom. The van der Waals surface area contributed by atoms with Gasteiger partial charge in [-0.2, -0.15) is 4.31 Å². The van der Waals surface area contributed by atoms with E-state index in [-0.39, 0.29) is 48.4 Å². The molecule has 0 unspecified atom stereocenters. The third-order valence-electron chi connectivity index (χ3n) is 6.79. The van der Waals surface area contributed by atoms with Crippen LogP contribution in [-0.2, 0) is 27.6 Å². The van der Waals surface area contributed by atoms with Crippen molar-refractivity contribution < 1.29 is 32.6 Å². The van der Waals surface area contributed by atoms with E-state index in [0.717, 1.165) is 29.7 Å². The van der Waals surface area contributed by atoms with Gasteiger partial charge in [0.2, 0.25) is 10.0 Å². The van der Waals surface area contributed by atoms with Crippen LogP contribution < -0.4 is 15.4 Å². The monoisotopic (exact) mass is 571 g/mol. The van der Waals surface area contributed by atoms with Gasteiger partial charge in [-0.25, -0.2) is 8.42 Å². The molecule has 3 N–H and O–H groups in total. The van der Waals surface area contributed by atoms with E-state index >= 15 is 0 Å². The summed E-state index contributed by atoms with van der Waals surface area (Å²) in [6, 6.07) is 10.6. The molecule has 39 heavy (non-hydrogen) atoms. The maximum absolute atomic E-state index is 13.4. The van der Waals surface area contributed by atoms with Crippen molar-refractivity contribution in [1.82, 2.24) is 4.31 Å². The second-order valence-corrected chi connectivity index (χ2v) is 12.3. The number of morpholine rings is 1. The van der Waals surface area contributed by atoms with Gasteiger partial charge in [0.25, 0.3) is 11.8 Å². The number of carbonyl (C=O) groups excluding carboxylic acids is 2. The van der Waals surface area contributed by atoms with Gasteiger partial charge in [0.15, 0.2) is 0 Å². The van der Waals surface area contributed by atoms with E-state index in [1.54, 1.807) is 31.4 Å². The van der Waals surface area contributed by atoms with Crippen LogP contribution in [0, 0.1) is 0 Å². The minimum atomic E-state index is -3.88. The summed E-state index contributed by atoms with van der Waals surface area (Å²) in [5.41, 5.74) is 1.67. The van der Waals surface area contributed by atoms with E-state index < -0.39 is 15.9 Å². The summed E-state index contributed by atoms with van der Waals surface area (Å²) in [4.78, 5) is 27.7. The number of ether oxygens (including phenoxy) is 2. The van der Waals surface area contributed by atoms with Gasteiger partial charge < -0.3 is 25.2 Å². The molecule has 2 aliphatic rings. The van der Waals surface area contributed by atoms with Gasteiger partial charge in [-0.3, -0.25) is 9.59 Å². The molecule has 1 aliphatic carbocycles. The first-order valence-electron chi connectivity index (χ1n) is 12.6. The van der Waals surface area contributed by atoms with Crippen LogP contribution in [0.5, 0.6) is 11.5 Å². The second kappa shape index (κ2) is 11.3. The largest absolute Gasteiger partial charge is 0.507 e. The van der Waals surface area contributed by atoms with Crippen LogP contribution >= 0.6 is 11.3 Å². The van der Waals surface area contributed by atoms with E-state index in [9.17, 15) is 23.1 Å². The number of aromatic hydroxyl groups is 1. The van der Waals surface area contributed by atoms with Crippen LogP contribution in [0.3, 0.4) is 0 Å². The number of phenols is 1. The molecule has 2 amide bonds. The quantitative estimate of drug-likeness (QED) is 0.392. The molecule has 2 heterocycles. The molecule has 0 saturated carbocycles. The van der Waals surface area contributed by atoms with Gasteiger partial charge in [-0.05, 0) is 73.7 Å². The van der Waals surface area contributed by atoms with Gasteiger partial charge in [0.1, 0.15) is 16.5 Å². The Labute approximate surface area is 230 Å². The third kappa shape index (κ3) is 5.64. The van der Waals surface area contributed by atoms with Gasteiger partial charge >= 0.3 is 0 Å². The molecule has 1 aliphatic heterocycles. The zero-order valence-corrected chi connectivity index (χ0v) is 23.0. The third-order valence-corrected chi connectivity index (χ3v) is 9.90. The highest BCUT2D eigenvalue weighted by atomic mass is 32.2. The topological polar surface area (TPSA) is 134 Å². The Hall–Kier alpha value is -3.45. The van der Waals surface area contributed by atoms with Crippen molar-refractivity contribution in [3.05, 3.63) is 64.0 Å². The zero-order valence-electron chi connectivity index (χ0n) is 21.4. The number of hydrogen-bond acceptors (Lipinski definition) is 8. The number of fused-ring (bicyclic) bond motifs is 1. The molecule has 12 heteroatoms. The highest BCUT2D eigenvalue weighted by Crippen LogP contribution is 2.39. The van der Waals surface area contributed by atoms with E-state index in [0.29, 0.717) is 28.4 Å². The number of phenolic OH excluding ortho intramolecular Hbond substituents is 1. The van der Waals surface area contributed by atoms with Crippen molar-refractivity contribution >= 4 is 43.9 Å². The molecule has 0 bridgehead atoms. The molecule has 1 fully saturated rings. The van der Waals surface area contributed by atoms with E-state index in [2.05, 4.69) is 10.6 Å². The van der Waals surface area contributed by atoms with E-state index in [1.807, 2.05) is 0 Å². The van der Waals surface area contributed by atoms with Crippen molar-refractivity contribution in [2.24, 2.45) is 0 Å². The maximum Gasteiger partial charge on any atom is 0.260 e. The van der Waals surface area contributed by atoms with Crippen LogP contribution in [0.4, 0.5) is 10.7 Å². The Balaban J connectivity index is 1.43.